The maximum absolute atomic E-state index is 13.3. The molecule has 2 N–H and O–H groups in total. The van der Waals surface area contributed by atoms with Crippen molar-refractivity contribution in [1.29, 1.82) is 0 Å². The molecule has 5 rings (SSSR count). The molecule has 3 aliphatic rings. The lowest BCUT2D eigenvalue weighted by Gasteiger charge is -2.39. The molecule has 0 bridgehead atoms. The summed E-state index contributed by atoms with van der Waals surface area (Å²) in [6.07, 6.45) is 13.8. The second-order valence-electron chi connectivity index (χ2n) is 9.65. The zero-order chi connectivity index (χ0) is 24.0. The number of rotatable bonds is 4. The highest BCUT2D eigenvalue weighted by atomic mass is 35.5. The van der Waals surface area contributed by atoms with Crippen molar-refractivity contribution in [2.45, 2.75) is 37.6 Å². The van der Waals surface area contributed by atoms with Gasteiger partial charge in [0.05, 0.1) is 5.02 Å². The van der Waals surface area contributed by atoms with Crippen LogP contribution >= 0.6 is 11.6 Å². The fourth-order valence-corrected chi connectivity index (χ4v) is 6.44. The Morgan fingerprint density at radius 3 is 2.97 bits per heavy atom. The van der Waals surface area contributed by atoms with E-state index in [4.69, 9.17) is 18.0 Å². The minimum Gasteiger partial charge on any atom is -0.506 e. The van der Waals surface area contributed by atoms with E-state index >= 15 is 0 Å². The molecular weight excluding hydrogens is 444 g/mol. The molecule has 1 saturated carbocycles. The van der Waals surface area contributed by atoms with Gasteiger partial charge in [0.2, 0.25) is 0 Å². The van der Waals surface area contributed by atoms with Crippen LogP contribution in [0.3, 0.4) is 0 Å². The van der Waals surface area contributed by atoms with Gasteiger partial charge in [0.15, 0.2) is 0 Å². The molecule has 2 aromatic carbocycles. The summed E-state index contributed by atoms with van der Waals surface area (Å²) in [6.45, 7) is 3.26. The Hall–Kier alpha value is -3.00. The molecular formula is C29H29ClN2O2. The second-order valence-corrected chi connectivity index (χ2v) is 10.1. The predicted molar refractivity (Wildman–Crippen MR) is 136 cm³/mol. The zero-order valence-electron chi connectivity index (χ0n) is 19.6. The van der Waals surface area contributed by atoms with E-state index in [0.29, 0.717) is 17.5 Å². The van der Waals surface area contributed by atoms with Crippen LogP contribution in [-0.4, -0.2) is 41.6 Å². The van der Waals surface area contributed by atoms with Crippen LogP contribution in [0.5, 0.6) is 5.75 Å². The van der Waals surface area contributed by atoms with E-state index in [0.717, 1.165) is 48.1 Å². The van der Waals surface area contributed by atoms with Crippen LogP contribution in [0.15, 0.2) is 54.1 Å². The smallest absolute Gasteiger partial charge is 0.251 e. The van der Waals surface area contributed by atoms with E-state index in [9.17, 15) is 9.90 Å². The van der Waals surface area contributed by atoms with E-state index in [1.165, 1.54) is 11.1 Å². The first-order valence-electron chi connectivity index (χ1n) is 11.8. The first-order chi connectivity index (χ1) is 16.4. The van der Waals surface area contributed by atoms with Gasteiger partial charge in [0.25, 0.3) is 5.91 Å². The maximum Gasteiger partial charge on any atom is 0.251 e. The Balaban J connectivity index is 1.56. The van der Waals surface area contributed by atoms with E-state index < -0.39 is 0 Å². The Bertz CT molecular complexity index is 1270. The van der Waals surface area contributed by atoms with Crippen LogP contribution in [0.2, 0.25) is 5.02 Å². The lowest BCUT2D eigenvalue weighted by molar-refractivity contribution is 0.0955. The zero-order valence-corrected chi connectivity index (χ0v) is 20.3. The van der Waals surface area contributed by atoms with Gasteiger partial charge in [0.1, 0.15) is 5.75 Å². The number of phenolic OH excluding ortho intramolecular Hbond substituents is 1. The molecule has 1 spiro atoms. The number of nitrogens with one attached hydrogen (secondary N) is 1. The van der Waals surface area contributed by atoms with Gasteiger partial charge in [-0.3, -0.25) is 9.69 Å². The van der Waals surface area contributed by atoms with Crippen molar-refractivity contribution < 1.29 is 9.90 Å². The van der Waals surface area contributed by atoms with Gasteiger partial charge < -0.3 is 10.4 Å². The number of terminal acetylenes is 1. The topological polar surface area (TPSA) is 52.6 Å². The standard InChI is InChI=1S/C29H29ClN2O2/c1-4-7-18(8-5-2)17-31-28(34)22-10-6-9-21-24(22)14-20-16-29(20)27(21)23-15-26(33)25(30)13-19(23)11-12-32(29)3/h1,5-10,13,15,20,27,33H,11-12,14,16-17H2,2-3H3,(H,31,34)/b8-5-,18-7+/t20?,27-,29?/m1/s1. The van der Waals surface area contributed by atoms with E-state index in [1.54, 1.807) is 6.08 Å². The Kier molecular flexibility index (Phi) is 5.80. The highest BCUT2D eigenvalue weighted by Gasteiger charge is 2.65. The molecule has 1 amide bonds. The minimum absolute atomic E-state index is 0.0300. The van der Waals surface area contributed by atoms with Gasteiger partial charge >= 0.3 is 0 Å². The van der Waals surface area contributed by atoms with Crippen molar-refractivity contribution >= 4 is 17.5 Å². The number of fused-ring (bicyclic) bond motifs is 4. The van der Waals surface area contributed by atoms with Gasteiger partial charge in [0, 0.05) is 30.1 Å². The number of carbonyl (C=O) groups is 1. The number of phenols is 1. The molecule has 3 atom stereocenters. The summed E-state index contributed by atoms with van der Waals surface area (Å²) in [6, 6.07) is 9.83. The first-order valence-corrected chi connectivity index (χ1v) is 12.2. The van der Waals surface area contributed by atoms with Crippen molar-refractivity contribution in [3.8, 4) is 18.1 Å². The summed E-state index contributed by atoms with van der Waals surface area (Å²) in [5, 5.41) is 13.9. The molecule has 174 valence electrons. The summed E-state index contributed by atoms with van der Waals surface area (Å²) in [7, 11) is 2.21. The maximum atomic E-state index is 13.3. The predicted octanol–water partition coefficient (Wildman–Crippen LogP) is 4.85. The van der Waals surface area contributed by atoms with Gasteiger partial charge in [-0.2, -0.15) is 0 Å². The number of hydrogen-bond acceptors (Lipinski definition) is 3. The number of hydrogen-bond donors (Lipinski definition) is 2. The Morgan fingerprint density at radius 2 is 2.21 bits per heavy atom. The third-order valence-electron chi connectivity index (χ3n) is 7.89. The molecule has 4 nitrogen and oxygen atoms in total. The van der Waals surface area contributed by atoms with Crippen molar-refractivity contribution in [3.63, 3.8) is 0 Å². The fraction of sp³-hybridized carbons (Fsp3) is 0.345. The molecule has 2 aromatic rings. The quantitative estimate of drug-likeness (QED) is 0.494. The van der Waals surface area contributed by atoms with Crippen LogP contribution in [0.25, 0.3) is 0 Å². The van der Waals surface area contributed by atoms with Crippen LogP contribution < -0.4 is 5.32 Å². The van der Waals surface area contributed by atoms with Crippen LogP contribution in [0.1, 0.15) is 51.9 Å². The molecule has 34 heavy (non-hydrogen) atoms. The number of halogens is 1. The molecule has 0 aromatic heterocycles. The summed E-state index contributed by atoms with van der Waals surface area (Å²) < 4.78 is 0. The lowest BCUT2D eigenvalue weighted by atomic mass is 9.72. The Morgan fingerprint density at radius 1 is 1.38 bits per heavy atom. The molecule has 0 saturated heterocycles. The van der Waals surface area contributed by atoms with Gasteiger partial charge in [-0.1, -0.05) is 41.8 Å². The number of benzene rings is 2. The number of likely N-dealkylation sites (N-methyl/N-ethyl adjacent to an activating group) is 1. The summed E-state index contributed by atoms with van der Waals surface area (Å²) in [5.41, 5.74) is 6.27. The third-order valence-corrected chi connectivity index (χ3v) is 8.19. The van der Waals surface area contributed by atoms with Crippen molar-refractivity contribution in [1.82, 2.24) is 10.2 Å². The Labute approximate surface area is 206 Å². The van der Waals surface area contributed by atoms with Gasteiger partial charge in [-0.05, 0) is 91.3 Å². The summed E-state index contributed by atoms with van der Waals surface area (Å²) in [5.74, 6) is 3.15. The highest BCUT2D eigenvalue weighted by molar-refractivity contribution is 6.32. The normalized spacial score (nSPS) is 25.4. The summed E-state index contributed by atoms with van der Waals surface area (Å²) in [4.78, 5) is 15.8. The van der Waals surface area contributed by atoms with Crippen molar-refractivity contribution in [2.24, 2.45) is 5.92 Å². The number of allylic oxidation sites excluding steroid dienone is 2. The van der Waals surface area contributed by atoms with Crippen molar-refractivity contribution in [3.05, 3.63) is 87.0 Å². The highest BCUT2D eigenvalue weighted by Crippen LogP contribution is 2.65. The molecule has 1 heterocycles. The lowest BCUT2D eigenvalue weighted by Crippen LogP contribution is -2.43. The average Bonchev–Trinajstić information content (AvgIpc) is 3.57. The molecule has 0 radical (unpaired) electrons. The molecule has 1 fully saturated rings. The second kappa shape index (κ2) is 8.65. The first kappa shape index (κ1) is 22.8. The average molecular weight is 473 g/mol. The largest absolute Gasteiger partial charge is 0.506 e. The third kappa shape index (κ3) is 3.55. The van der Waals surface area contributed by atoms with Crippen LogP contribution in [0.4, 0.5) is 0 Å². The molecule has 1 aliphatic heterocycles. The minimum atomic E-state index is -0.0847. The van der Waals surface area contributed by atoms with Crippen molar-refractivity contribution in [2.75, 3.05) is 20.1 Å². The molecule has 5 heteroatoms. The van der Waals surface area contributed by atoms with Gasteiger partial charge in [-0.15, -0.1) is 6.42 Å². The van der Waals surface area contributed by atoms with E-state index in [2.05, 4.69) is 29.3 Å². The molecule has 2 unspecified atom stereocenters. The summed E-state index contributed by atoms with van der Waals surface area (Å²) >= 11 is 6.29. The SMILES string of the molecule is C#C/C=C(\C=C/C)CNC(=O)c1cccc2c1CC1CC13[C@H]2c1cc(O)c(Cl)cc1CCN3C. The van der Waals surface area contributed by atoms with Crippen LogP contribution in [0, 0.1) is 18.3 Å². The van der Waals surface area contributed by atoms with E-state index in [1.807, 2.05) is 43.3 Å². The van der Waals surface area contributed by atoms with Gasteiger partial charge in [-0.25, -0.2) is 0 Å². The number of carbonyl (C=O) groups excluding carboxylic acids is 1. The van der Waals surface area contributed by atoms with E-state index in [-0.39, 0.29) is 23.1 Å². The molecule has 2 aliphatic carbocycles. The number of aromatic hydroxyl groups is 1. The number of amides is 1. The number of nitrogens with zero attached hydrogens (tertiary/aromatic N) is 1. The van der Waals surface area contributed by atoms with Crippen LogP contribution in [-0.2, 0) is 12.8 Å². The monoisotopic (exact) mass is 472 g/mol. The fourth-order valence-electron chi connectivity index (χ4n) is 6.25.